The molecule has 2 aliphatic heterocycles. The van der Waals surface area contributed by atoms with Crippen LogP contribution < -0.4 is 10.7 Å². The maximum Gasteiger partial charge on any atom is 0.417 e. The van der Waals surface area contributed by atoms with Crippen molar-refractivity contribution in [3.05, 3.63) is 65.4 Å². The highest BCUT2D eigenvalue weighted by Crippen LogP contribution is 2.32. The number of rotatable bonds is 6. The Morgan fingerprint density at radius 3 is 2.69 bits per heavy atom. The normalized spacial score (nSPS) is 20.0. The van der Waals surface area contributed by atoms with Crippen molar-refractivity contribution in [3.63, 3.8) is 0 Å². The molecule has 0 spiro atoms. The Bertz CT molecular complexity index is 1550. The first-order chi connectivity index (χ1) is 17.5. The molecular formula is C26H29N5O4S. The molecule has 2 saturated heterocycles. The summed E-state index contributed by atoms with van der Waals surface area (Å²) in [5.74, 6) is -0.438. The monoisotopic (exact) mass is 507 g/mol. The maximum absolute atomic E-state index is 13.7. The third kappa shape index (κ3) is 4.19. The van der Waals surface area contributed by atoms with Crippen molar-refractivity contribution >= 4 is 37.6 Å². The molecule has 188 valence electrons. The van der Waals surface area contributed by atoms with Crippen molar-refractivity contribution in [3.8, 4) is 0 Å². The Morgan fingerprint density at radius 2 is 1.83 bits per heavy atom. The predicted molar refractivity (Wildman–Crippen MR) is 139 cm³/mol. The number of aromatic nitrogens is 2. The van der Waals surface area contributed by atoms with E-state index in [4.69, 9.17) is 4.42 Å². The molecule has 2 aromatic heterocycles. The van der Waals surface area contributed by atoms with Gasteiger partial charge in [0.05, 0.1) is 11.2 Å². The van der Waals surface area contributed by atoms with Gasteiger partial charge in [-0.05, 0) is 37.9 Å². The lowest BCUT2D eigenvalue weighted by Gasteiger charge is -2.36. The number of hydrogen-bond donors (Lipinski definition) is 1. The Kier molecular flexibility index (Phi) is 6.02. The molecule has 0 aliphatic carbocycles. The van der Waals surface area contributed by atoms with Crippen molar-refractivity contribution < 1.29 is 12.8 Å². The van der Waals surface area contributed by atoms with Crippen LogP contribution in [0.2, 0.25) is 0 Å². The molecule has 6 rings (SSSR count). The van der Waals surface area contributed by atoms with Gasteiger partial charge < -0.3 is 9.32 Å². The fourth-order valence-corrected chi connectivity index (χ4v) is 7.47. The van der Waals surface area contributed by atoms with E-state index in [2.05, 4.69) is 19.8 Å². The third-order valence-corrected chi connectivity index (χ3v) is 9.44. The van der Waals surface area contributed by atoms with Crippen LogP contribution in [0.3, 0.4) is 0 Å². The molecular weight excluding hydrogens is 478 g/mol. The highest BCUT2D eigenvalue weighted by atomic mass is 32.2. The first-order valence-electron chi connectivity index (χ1n) is 12.4. The summed E-state index contributed by atoms with van der Waals surface area (Å²) in [6, 6.07) is 13.3. The lowest BCUT2D eigenvalue weighted by molar-refractivity contribution is 0.232. The van der Waals surface area contributed by atoms with E-state index < -0.39 is 15.8 Å². The fourth-order valence-electron chi connectivity index (χ4n) is 5.59. The number of nitrogens with zero attached hydrogens (tertiary/aromatic N) is 4. The molecule has 10 heteroatoms. The fraction of sp³-hybridized carbons (Fsp3) is 0.385. The van der Waals surface area contributed by atoms with Gasteiger partial charge in [0, 0.05) is 61.9 Å². The highest BCUT2D eigenvalue weighted by Gasteiger charge is 2.36. The second-order valence-electron chi connectivity index (χ2n) is 9.56. The molecule has 4 aromatic rings. The van der Waals surface area contributed by atoms with Gasteiger partial charge in [-0.25, -0.2) is 13.2 Å². The number of pyridine rings is 1. The minimum atomic E-state index is -3.63. The Labute approximate surface area is 209 Å². The summed E-state index contributed by atoms with van der Waals surface area (Å²) in [4.78, 5) is 23.5. The van der Waals surface area contributed by atoms with Gasteiger partial charge >= 0.3 is 5.76 Å². The Morgan fingerprint density at radius 1 is 1.00 bits per heavy atom. The zero-order valence-electron chi connectivity index (χ0n) is 20.0. The number of piperazine rings is 1. The van der Waals surface area contributed by atoms with E-state index in [1.165, 1.54) is 6.20 Å². The van der Waals surface area contributed by atoms with Crippen LogP contribution in [0.15, 0.2) is 69.0 Å². The molecule has 1 atom stereocenters. The van der Waals surface area contributed by atoms with Gasteiger partial charge in [-0.2, -0.15) is 4.31 Å². The van der Waals surface area contributed by atoms with E-state index in [1.807, 2.05) is 42.5 Å². The van der Waals surface area contributed by atoms with Crippen molar-refractivity contribution in [2.45, 2.75) is 30.2 Å². The average molecular weight is 508 g/mol. The van der Waals surface area contributed by atoms with Gasteiger partial charge in [0.1, 0.15) is 4.90 Å². The minimum absolute atomic E-state index is 0.00474. The second-order valence-corrected chi connectivity index (χ2v) is 11.4. The van der Waals surface area contributed by atoms with E-state index in [1.54, 1.807) is 10.5 Å². The molecule has 0 bridgehead atoms. The number of para-hydroxylation sites is 1. The van der Waals surface area contributed by atoms with Crippen LogP contribution in [0.4, 0.5) is 5.69 Å². The van der Waals surface area contributed by atoms with Crippen LogP contribution in [0.5, 0.6) is 0 Å². The SMILES string of the molecule is O=c1[nH]c2cccc(N3CCN(CC[C@@H]4CCCN4S(=O)(=O)c4cncc5ccccc45)CC3)c2o1. The van der Waals surface area contributed by atoms with Gasteiger partial charge in [0.15, 0.2) is 5.58 Å². The summed E-state index contributed by atoms with van der Waals surface area (Å²) < 4.78 is 34.4. The minimum Gasteiger partial charge on any atom is -0.406 e. The van der Waals surface area contributed by atoms with Gasteiger partial charge in [-0.15, -0.1) is 0 Å². The smallest absolute Gasteiger partial charge is 0.406 e. The van der Waals surface area contributed by atoms with E-state index in [0.717, 1.165) is 68.4 Å². The van der Waals surface area contributed by atoms with Gasteiger partial charge in [0.25, 0.3) is 0 Å². The Hall–Kier alpha value is -3.21. The largest absolute Gasteiger partial charge is 0.417 e. The molecule has 2 aliphatic rings. The summed E-state index contributed by atoms with van der Waals surface area (Å²) in [6.45, 7) is 4.79. The van der Waals surface area contributed by atoms with Gasteiger partial charge in [0.2, 0.25) is 10.0 Å². The number of hydrogen-bond acceptors (Lipinski definition) is 7. The van der Waals surface area contributed by atoms with Crippen molar-refractivity contribution in [2.75, 3.05) is 44.2 Å². The summed E-state index contributed by atoms with van der Waals surface area (Å²) >= 11 is 0. The van der Waals surface area contributed by atoms with Crippen molar-refractivity contribution in [1.82, 2.24) is 19.2 Å². The van der Waals surface area contributed by atoms with Gasteiger partial charge in [-0.1, -0.05) is 30.3 Å². The number of H-pyrrole nitrogens is 1. The zero-order chi connectivity index (χ0) is 24.7. The first kappa shape index (κ1) is 23.2. The lowest BCUT2D eigenvalue weighted by atomic mass is 10.1. The number of fused-ring (bicyclic) bond motifs is 2. The number of oxazole rings is 1. The first-order valence-corrected chi connectivity index (χ1v) is 13.9. The maximum atomic E-state index is 13.7. The average Bonchev–Trinajstić information content (AvgIpc) is 3.53. The molecule has 0 unspecified atom stereocenters. The highest BCUT2D eigenvalue weighted by molar-refractivity contribution is 7.89. The number of sulfonamides is 1. The lowest BCUT2D eigenvalue weighted by Crippen LogP contribution is -2.47. The molecule has 0 radical (unpaired) electrons. The number of anilines is 1. The topological polar surface area (TPSA) is 103 Å². The quantitative estimate of drug-likeness (QED) is 0.428. The molecule has 2 fully saturated rings. The second kappa shape index (κ2) is 9.34. The van der Waals surface area contributed by atoms with Crippen LogP contribution in [-0.2, 0) is 10.0 Å². The third-order valence-electron chi connectivity index (χ3n) is 7.46. The van der Waals surface area contributed by atoms with E-state index in [0.29, 0.717) is 22.5 Å². The molecule has 1 N–H and O–H groups in total. The van der Waals surface area contributed by atoms with E-state index in [9.17, 15) is 13.2 Å². The molecule has 2 aromatic carbocycles. The molecule has 9 nitrogen and oxygen atoms in total. The van der Waals surface area contributed by atoms with Crippen LogP contribution in [-0.4, -0.2) is 72.9 Å². The summed E-state index contributed by atoms with van der Waals surface area (Å²) in [7, 11) is -3.63. The van der Waals surface area contributed by atoms with Crippen molar-refractivity contribution in [1.29, 1.82) is 0 Å². The zero-order valence-corrected chi connectivity index (χ0v) is 20.8. The number of benzene rings is 2. The predicted octanol–water partition coefficient (Wildman–Crippen LogP) is 3.03. The summed E-state index contributed by atoms with van der Waals surface area (Å²) in [5.41, 5.74) is 2.25. The standard InChI is InChI=1S/C26H29N5O4S/c32-26-28-22-8-3-9-23(25(22)35-26)30-15-13-29(14-16-30)12-10-20-6-4-11-31(20)36(33,34)24-18-27-17-19-5-1-2-7-21(19)24/h1-3,5,7-9,17-18,20H,4,6,10-16H2,(H,28,32)/t20-/m0/s1. The van der Waals surface area contributed by atoms with Crippen LogP contribution in [0.1, 0.15) is 19.3 Å². The van der Waals surface area contributed by atoms with E-state index >= 15 is 0 Å². The summed E-state index contributed by atoms with van der Waals surface area (Å²) in [6.07, 6.45) is 5.76. The van der Waals surface area contributed by atoms with Crippen LogP contribution >= 0.6 is 0 Å². The number of aromatic amines is 1. The molecule has 0 saturated carbocycles. The van der Waals surface area contributed by atoms with E-state index in [-0.39, 0.29) is 6.04 Å². The van der Waals surface area contributed by atoms with Crippen LogP contribution in [0.25, 0.3) is 21.9 Å². The summed E-state index contributed by atoms with van der Waals surface area (Å²) in [5, 5.41) is 1.56. The Balaban J connectivity index is 1.11. The molecule has 0 amide bonds. The molecule has 4 heterocycles. The van der Waals surface area contributed by atoms with Crippen molar-refractivity contribution in [2.24, 2.45) is 0 Å². The molecule has 36 heavy (non-hydrogen) atoms. The van der Waals surface area contributed by atoms with Gasteiger partial charge in [-0.3, -0.25) is 14.9 Å². The number of nitrogens with one attached hydrogen (secondary N) is 1. The van der Waals surface area contributed by atoms with Crippen LogP contribution in [0, 0.1) is 0 Å².